The van der Waals surface area contributed by atoms with Gasteiger partial charge in [0.05, 0.1) is 30.5 Å². The molecule has 11 heteroatoms. The fraction of sp³-hybridized carbons (Fsp3) is 0.364. The van der Waals surface area contributed by atoms with Crippen molar-refractivity contribution in [2.24, 2.45) is 7.05 Å². The summed E-state index contributed by atoms with van der Waals surface area (Å²) >= 11 is 0. The van der Waals surface area contributed by atoms with Crippen molar-refractivity contribution in [3.8, 4) is 11.3 Å². The second-order valence-corrected chi connectivity index (χ2v) is 8.45. The van der Waals surface area contributed by atoms with Crippen molar-refractivity contribution in [2.45, 2.75) is 31.0 Å². The number of aromatic nitrogens is 6. The van der Waals surface area contributed by atoms with Gasteiger partial charge in [-0.15, -0.1) is 10.2 Å². The number of nitrogens with zero attached hydrogens (tertiary/aromatic N) is 5. The molecule has 0 amide bonds. The summed E-state index contributed by atoms with van der Waals surface area (Å²) in [6, 6.07) is 8.51. The summed E-state index contributed by atoms with van der Waals surface area (Å²) in [6.07, 6.45) is -3.60. The maximum absolute atomic E-state index is 13.5. The van der Waals surface area contributed by atoms with E-state index in [1.165, 1.54) is 6.92 Å². The molecule has 0 spiro atoms. The fourth-order valence-electron chi connectivity index (χ4n) is 4.19. The van der Waals surface area contributed by atoms with Crippen LogP contribution in [0.15, 0.2) is 36.7 Å². The van der Waals surface area contributed by atoms with Crippen molar-refractivity contribution in [3.63, 3.8) is 0 Å². The lowest BCUT2D eigenvalue weighted by atomic mass is 9.75. The van der Waals surface area contributed by atoms with Gasteiger partial charge < -0.3 is 14.4 Å². The molecule has 0 saturated carbocycles. The number of H-pyrrole nitrogens is 1. The molecule has 0 aliphatic carbocycles. The monoisotopic (exact) mass is 458 g/mol. The van der Waals surface area contributed by atoms with E-state index in [0.717, 1.165) is 17.5 Å². The molecule has 2 N–H and O–H groups in total. The Hall–Kier alpha value is -3.31. The zero-order valence-electron chi connectivity index (χ0n) is 17.9. The maximum atomic E-state index is 13.5. The lowest BCUT2D eigenvalue weighted by Crippen LogP contribution is -2.49. The molecule has 1 aliphatic rings. The van der Waals surface area contributed by atoms with Crippen LogP contribution in [0.3, 0.4) is 0 Å². The third-order valence-electron chi connectivity index (χ3n) is 6.07. The van der Waals surface area contributed by atoms with Crippen LogP contribution in [-0.2, 0) is 29.8 Å². The fourth-order valence-corrected chi connectivity index (χ4v) is 4.19. The molecule has 1 aromatic carbocycles. The van der Waals surface area contributed by atoms with Crippen molar-refractivity contribution in [2.75, 3.05) is 13.2 Å². The van der Waals surface area contributed by atoms with Crippen molar-refractivity contribution in [1.29, 1.82) is 0 Å². The van der Waals surface area contributed by atoms with Crippen molar-refractivity contribution < 1.29 is 23.0 Å². The maximum Gasteiger partial charge on any atom is 0.433 e. The van der Waals surface area contributed by atoms with E-state index in [1.54, 1.807) is 12.4 Å². The lowest BCUT2D eigenvalue weighted by Gasteiger charge is -2.41. The van der Waals surface area contributed by atoms with E-state index >= 15 is 0 Å². The largest absolute Gasteiger partial charge is 0.433 e. The van der Waals surface area contributed by atoms with Crippen LogP contribution in [0.5, 0.6) is 0 Å². The molecule has 1 unspecified atom stereocenters. The Bertz CT molecular complexity index is 1320. The normalized spacial score (nSPS) is 16.7. The number of fused-ring (bicyclic) bond motifs is 1. The molecule has 3 aromatic heterocycles. The first-order valence-electron chi connectivity index (χ1n) is 10.3. The number of aliphatic hydroxyl groups excluding tert-OH is 1. The zero-order chi connectivity index (χ0) is 23.4. The van der Waals surface area contributed by atoms with Gasteiger partial charge in [-0.1, -0.05) is 18.2 Å². The minimum atomic E-state index is -4.66. The molecule has 172 valence electrons. The zero-order valence-corrected chi connectivity index (χ0v) is 17.9. The highest BCUT2D eigenvalue weighted by atomic mass is 19.4. The van der Waals surface area contributed by atoms with Gasteiger partial charge in [-0.25, -0.2) is 4.98 Å². The molecule has 1 aliphatic heterocycles. The Morgan fingerprint density at radius 1 is 1.27 bits per heavy atom. The molecule has 0 radical (unpaired) electrons. The number of aryl methyl sites for hydroxylation is 1. The minimum absolute atomic E-state index is 0.0964. The van der Waals surface area contributed by atoms with Crippen LogP contribution in [0.1, 0.15) is 35.8 Å². The standard InChI is InChI=1S/C22H21F3N6O2/c1-12(32)18-20-15(7-16(27-18)22(23,24)25)19(29-30-20)13-4-3-5-14(6-13)21(9-33-10-21)8-17-28-26-11-31(17)2/h3-7,11-12,32H,8-10H2,1-2H3,(H,29,30). The predicted molar refractivity (Wildman–Crippen MR) is 112 cm³/mol. The molecule has 4 heterocycles. The smallest absolute Gasteiger partial charge is 0.387 e. The van der Waals surface area contributed by atoms with Crippen LogP contribution in [-0.4, -0.2) is 48.3 Å². The van der Waals surface area contributed by atoms with Crippen molar-refractivity contribution >= 4 is 10.9 Å². The van der Waals surface area contributed by atoms with Crippen LogP contribution in [0.4, 0.5) is 13.2 Å². The summed E-state index contributed by atoms with van der Waals surface area (Å²) < 4.78 is 47.8. The Morgan fingerprint density at radius 3 is 2.67 bits per heavy atom. The van der Waals surface area contributed by atoms with Gasteiger partial charge in [-0.05, 0) is 24.6 Å². The number of ether oxygens (including phenoxy) is 1. The minimum Gasteiger partial charge on any atom is -0.387 e. The summed E-state index contributed by atoms with van der Waals surface area (Å²) in [6.45, 7) is 2.37. The van der Waals surface area contributed by atoms with Crippen LogP contribution < -0.4 is 0 Å². The Kier molecular flexibility index (Phi) is 4.98. The number of halogens is 3. The van der Waals surface area contributed by atoms with Gasteiger partial charge in [0.1, 0.15) is 23.5 Å². The molecular weight excluding hydrogens is 437 g/mol. The number of hydrogen-bond acceptors (Lipinski definition) is 6. The highest BCUT2D eigenvalue weighted by Crippen LogP contribution is 2.39. The van der Waals surface area contributed by atoms with Gasteiger partial charge in [-0.2, -0.15) is 18.3 Å². The number of nitrogens with one attached hydrogen (secondary N) is 1. The second-order valence-electron chi connectivity index (χ2n) is 8.45. The molecule has 0 bridgehead atoms. The van der Waals surface area contributed by atoms with Crippen LogP contribution >= 0.6 is 0 Å². The van der Waals surface area contributed by atoms with E-state index in [2.05, 4.69) is 25.4 Å². The Balaban J connectivity index is 1.61. The third kappa shape index (κ3) is 3.66. The molecule has 1 saturated heterocycles. The number of alkyl halides is 3. The van der Waals surface area contributed by atoms with E-state index < -0.39 is 18.0 Å². The van der Waals surface area contributed by atoms with E-state index in [1.807, 2.05) is 29.8 Å². The van der Waals surface area contributed by atoms with E-state index in [9.17, 15) is 18.3 Å². The average Bonchev–Trinajstić information content (AvgIpc) is 3.35. The number of hydrogen-bond donors (Lipinski definition) is 2. The van der Waals surface area contributed by atoms with Crippen LogP contribution in [0.2, 0.25) is 0 Å². The SMILES string of the molecule is CC(O)c1nc(C(F)(F)F)cc2c(-c3cccc(C4(Cc5nncn5C)COC4)c3)n[nH]c12. The first-order chi connectivity index (χ1) is 15.7. The van der Waals surface area contributed by atoms with Crippen molar-refractivity contribution in [3.05, 3.63) is 59.4 Å². The Morgan fingerprint density at radius 2 is 2.06 bits per heavy atom. The van der Waals surface area contributed by atoms with E-state index in [-0.39, 0.29) is 22.0 Å². The highest BCUT2D eigenvalue weighted by Gasteiger charge is 2.42. The van der Waals surface area contributed by atoms with Gasteiger partial charge in [0.25, 0.3) is 0 Å². The molecule has 33 heavy (non-hydrogen) atoms. The predicted octanol–water partition coefficient (Wildman–Crippen LogP) is 3.34. The summed E-state index contributed by atoms with van der Waals surface area (Å²) in [5.41, 5.74) is 0.781. The number of rotatable bonds is 5. The van der Waals surface area contributed by atoms with Gasteiger partial charge >= 0.3 is 6.18 Å². The molecule has 5 rings (SSSR count). The molecule has 4 aromatic rings. The molecule has 1 fully saturated rings. The summed E-state index contributed by atoms with van der Waals surface area (Å²) in [5, 5.41) is 25.4. The van der Waals surface area contributed by atoms with Crippen LogP contribution in [0.25, 0.3) is 22.2 Å². The molecular formula is C22H21F3N6O2. The first kappa shape index (κ1) is 21.5. The molecule has 8 nitrogen and oxygen atoms in total. The number of aromatic amines is 1. The van der Waals surface area contributed by atoms with E-state index in [4.69, 9.17) is 4.74 Å². The molecule has 1 atom stereocenters. The second kappa shape index (κ2) is 7.63. The number of pyridine rings is 1. The quantitative estimate of drug-likeness (QED) is 0.476. The number of benzene rings is 1. The summed E-state index contributed by atoms with van der Waals surface area (Å²) in [5.74, 6) is 0.816. The average molecular weight is 458 g/mol. The van der Waals surface area contributed by atoms with E-state index in [0.29, 0.717) is 30.9 Å². The Labute approximate surface area is 186 Å². The van der Waals surface area contributed by atoms with Gasteiger partial charge in [0.15, 0.2) is 0 Å². The topological polar surface area (TPSA) is 102 Å². The summed E-state index contributed by atoms with van der Waals surface area (Å²) in [4.78, 5) is 3.63. The third-order valence-corrected chi connectivity index (χ3v) is 6.07. The summed E-state index contributed by atoms with van der Waals surface area (Å²) in [7, 11) is 1.88. The lowest BCUT2D eigenvalue weighted by molar-refractivity contribution is -0.141. The first-order valence-corrected chi connectivity index (χ1v) is 10.3. The highest BCUT2D eigenvalue weighted by molar-refractivity contribution is 5.94. The van der Waals surface area contributed by atoms with Crippen LogP contribution in [0, 0.1) is 0 Å². The van der Waals surface area contributed by atoms with Crippen molar-refractivity contribution in [1.82, 2.24) is 29.9 Å². The van der Waals surface area contributed by atoms with Gasteiger partial charge in [0, 0.05) is 29.8 Å². The number of aliphatic hydroxyl groups is 1. The van der Waals surface area contributed by atoms with Gasteiger partial charge in [0.2, 0.25) is 0 Å². The van der Waals surface area contributed by atoms with Gasteiger partial charge in [-0.3, -0.25) is 5.10 Å².